The molecule has 18 heavy (non-hydrogen) atoms. The lowest BCUT2D eigenvalue weighted by atomic mass is 10.2. The summed E-state index contributed by atoms with van der Waals surface area (Å²) in [6, 6.07) is 8.29. The van der Waals surface area contributed by atoms with E-state index in [9.17, 15) is 4.79 Å². The van der Waals surface area contributed by atoms with Gasteiger partial charge < -0.3 is 11.1 Å². The minimum atomic E-state index is -0.227. The van der Waals surface area contributed by atoms with Crippen LogP contribution in [-0.2, 0) is 0 Å². The molecule has 4 nitrogen and oxygen atoms in total. The van der Waals surface area contributed by atoms with Crippen molar-refractivity contribution in [1.82, 2.24) is 4.98 Å². The van der Waals surface area contributed by atoms with Gasteiger partial charge in [-0.25, -0.2) is 0 Å². The van der Waals surface area contributed by atoms with E-state index in [4.69, 9.17) is 17.3 Å². The van der Waals surface area contributed by atoms with Crippen LogP contribution < -0.4 is 11.1 Å². The van der Waals surface area contributed by atoms with Crippen LogP contribution in [0.5, 0.6) is 0 Å². The average Bonchev–Trinajstić information content (AvgIpc) is 2.32. The molecule has 2 aromatic rings. The lowest BCUT2D eigenvalue weighted by Crippen LogP contribution is -2.13. The number of carbonyl (C=O) groups excluding carboxylic acids is 1. The highest BCUT2D eigenvalue weighted by atomic mass is 35.5. The van der Waals surface area contributed by atoms with E-state index >= 15 is 0 Å². The summed E-state index contributed by atoms with van der Waals surface area (Å²) >= 11 is 5.79. The number of halogens is 1. The number of aryl methyl sites for hydroxylation is 1. The molecule has 1 aromatic heterocycles. The number of nitrogen functional groups attached to an aromatic ring is 1. The molecule has 5 heteroatoms. The molecule has 0 fully saturated rings. The fourth-order valence-electron chi connectivity index (χ4n) is 1.53. The van der Waals surface area contributed by atoms with Crippen LogP contribution in [0.3, 0.4) is 0 Å². The number of benzene rings is 1. The maximum Gasteiger partial charge on any atom is 0.255 e. The van der Waals surface area contributed by atoms with Gasteiger partial charge >= 0.3 is 0 Å². The van der Waals surface area contributed by atoms with Crippen molar-refractivity contribution in [3.8, 4) is 0 Å². The molecule has 3 N–H and O–H groups in total. The molecule has 0 aliphatic heterocycles. The van der Waals surface area contributed by atoms with Crippen LogP contribution in [0.1, 0.15) is 16.1 Å². The summed E-state index contributed by atoms with van der Waals surface area (Å²) in [6.07, 6.45) is 1.59. The number of hydrogen-bond acceptors (Lipinski definition) is 3. The van der Waals surface area contributed by atoms with Gasteiger partial charge in [0.1, 0.15) is 0 Å². The van der Waals surface area contributed by atoms with Crippen molar-refractivity contribution in [1.29, 1.82) is 0 Å². The first-order chi connectivity index (χ1) is 8.56. The fraction of sp³-hybridized carbons (Fsp3) is 0.0769. The standard InChI is InChI=1S/C13H12ClN3O/c1-8-6-9(4-5-16-8)13(18)17-12-3-2-10(14)7-11(12)15/h2-7H,15H2,1H3,(H,17,18). The number of carbonyl (C=O) groups is 1. The van der Waals surface area contributed by atoms with E-state index < -0.39 is 0 Å². The number of pyridine rings is 1. The van der Waals surface area contributed by atoms with Crippen molar-refractivity contribution < 1.29 is 4.79 Å². The Balaban J connectivity index is 2.21. The number of nitrogens with one attached hydrogen (secondary N) is 1. The van der Waals surface area contributed by atoms with Gasteiger partial charge in [0, 0.05) is 22.5 Å². The van der Waals surface area contributed by atoms with E-state index in [0.29, 0.717) is 22.0 Å². The zero-order valence-electron chi connectivity index (χ0n) is 9.77. The van der Waals surface area contributed by atoms with Gasteiger partial charge in [0.2, 0.25) is 0 Å². The summed E-state index contributed by atoms with van der Waals surface area (Å²) in [5, 5.41) is 3.26. The normalized spacial score (nSPS) is 10.1. The number of amides is 1. The van der Waals surface area contributed by atoms with Gasteiger partial charge in [-0.15, -0.1) is 0 Å². The first-order valence-corrected chi connectivity index (χ1v) is 5.73. The van der Waals surface area contributed by atoms with E-state index in [1.807, 2.05) is 6.92 Å². The third-order valence-electron chi connectivity index (χ3n) is 2.42. The second-order valence-electron chi connectivity index (χ2n) is 3.87. The van der Waals surface area contributed by atoms with Crippen LogP contribution in [0, 0.1) is 6.92 Å². The molecule has 1 aromatic carbocycles. The lowest BCUT2D eigenvalue weighted by Gasteiger charge is -2.08. The van der Waals surface area contributed by atoms with Gasteiger partial charge in [0.25, 0.3) is 5.91 Å². The summed E-state index contributed by atoms with van der Waals surface area (Å²) in [5.41, 5.74) is 8.06. The van der Waals surface area contributed by atoms with Crippen LogP contribution >= 0.6 is 11.6 Å². The number of hydrogen-bond donors (Lipinski definition) is 2. The van der Waals surface area contributed by atoms with Gasteiger partial charge in [-0.05, 0) is 37.3 Å². The Morgan fingerprint density at radius 3 is 2.78 bits per heavy atom. The van der Waals surface area contributed by atoms with Crippen LogP contribution in [0.15, 0.2) is 36.5 Å². The highest BCUT2D eigenvalue weighted by molar-refractivity contribution is 6.31. The first-order valence-electron chi connectivity index (χ1n) is 5.35. The SMILES string of the molecule is Cc1cc(C(=O)Nc2ccc(Cl)cc2N)ccn1. The summed E-state index contributed by atoms with van der Waals surface area (Å²) < 4.78 is 0. The molecule has 1 amide bonds. The molecule has 0 aliphatic carbocycles. The number of aromatic nitrogens is 1. The van der Waals surface area contributed by atoms with Crippen molar-refractivity contribution in [2.75, 3.05) is 11.1 Å². The quantitative estimate of drug-likeness (QED) is 0.817. The summed E-state index contributed by atoms with van der Waals surface area (Å²) in [4.78, 5) is 16.0. The third kappa shape index (κ3) is 2.78. The van der Waals surface area contributed by atoms with Crippen molar-refractivity contribution in [2.45, 2.75) is 6.92 Å². The van der Waals surface area contributed by atoms with Crippen LogP contribution in [0.25, 0.3) is 0 Å². The molecule has 0 aliphatic rings. The second-order valence-corrected chi connectivity index (χ2v) is 4.31. The maximum atomic E-state index is 12.0. The zero-order valence-corrected chi connectivity index (χ0v) is 10.5. The molecule has 0 bridgehead atoms. The predicted molar refractivity (Wildman–Crippen MR) is 72.8 cm³/mol. The van der Waals surface area contributed by atoms with Gasteiger partial charge in [-0.3, -0.25) is 9.78 Å². The Kier molecular flexibility index (Phi) is 3.48. The predicted octanol–water partition coefficient (Wildman–Crippen LogP) is 2.88. The Morgan fingerprint density at radius 2 is 2.11 bits per heavy atom. The van der Waals surface area contributed by atoms with E-state index in [-0.39, 0.29) is 5.91 Å². The average molecular weight is 262 g/mol. The first kappa shape index (κ1) is 12.4. The van der Waals surface area contributed by atoms with E-state index in [1.165, 1.54) is 0 Å². The lowest BCUT2D eigenvalue weighted by molar-refractivity contribution is 0.102. The summed E-state index contributed by atoms with van der Waals surface area (Å²) in [5.74, 6) is -0.227. The van der Waals surface area contributed by atoms with Gasteiger partial charge in [0.05, 0.1) is 11.4 Å². The fourth-order valence-corrected chi connectivity index (χ4v) is 1.71. The Bertz CT molecular complexity index is 599. The molecule has 0 unspecified atom stereocenters. The molecule has 0 saturated heterocycles. The van der Waals surface area contributed by atoms with Crippen molar-refractivity contribution >= 4 is 28.9 Å². The van der Waals surface area contributed by atoms with Crippen molar-refractivity contribution in [3.63, 3.8) is 0 Å². The van der Waals surface area contributed by atoms with Gasteiger partial charge in [0.15, 0.2) is 0 Å². The van der Waals surface area contributed by atoms with Crippen LogP contribution in [-0.4, -0.2) is 10.9 Å². The van der Waals surface area contributed by atoms with Crippen LogP contribution in [0.2, 0.25) is 5.02 Å². The van der Waals surface area contributed by atoms with E-state index in [1.54, 1.807) is 36.5 Å². The number of nitrogens with two attached hydrogens (primary N) is 1. The van der Waals surface area contributed by atoms with E-state index in [2.05, 4.69) is 10.3 Å². The third-order valence-corrected chi connectivity index (χ3v) is 2.66. The Morgan fingerprint density at radius 1 is 1.33 bits per heavy atom. The molecule has 0 spiro atoms. The van der Waals surface area contributed by atoms with Gasteiger partial charge in [-0.1, -0.05) is 11.6 Å². The molecular formula is C13H12ClN3O. The maximum absolute atomic E-state index is 12.0. The number of rotatable bonds is 2. The highest BCUT2D eigenvalue weighted by Gasteiger charge is 2.08. The Labute approximate surface area is 110 Å². The second kappa shape index (κ2) is 5.06. The molecule has 1 heterocycles. The van der Waals surface area contributed by atoms with Crippen molar-refractivity contribution in [2.24, 2.45) is 0 Å². The molecule has 0 radical (unpaired) electrons. The van der Waals surface area contributed by atoms with Crippen LogP contribution in [0.4, 0.5) is 11.4 Å². The Hall–Kier alpha value is -2.07. The summed E-state index contributed by atoms with van der Waals surface area (Å²) in [6.45, 7) is 1.83. The largest absolute Gasteiger partial charge is 0.397 e. The molecule has 92 valence electrons. The molecule has 2 rings (SSSR count). The number of anilines is 2. The monoisotopic (exact) mass is 261 g/mol. The van der Waals surface area contributed by atoms with Gasteiger partial charge in [-0.2, -0.15) is 0 Å². The minimum Gasteiger partial charge on any atom is -0.397 e. The van der Waals surface area contributed by atoms with Crippen molar-refractivity contribution in [3.05, 3.63) is 52.8 Å². The smallest absolute Gasteiger partial charge is 0.255 e. The molecule has 0 atom stereocenters. The minimum absolute atomic E-state index is 0.227. The number of nitrogens with zero attached hydrogens (tertiary/aromatic N) is 1. The molecule has 0 saturated carbocycles. The highest BCUT2D eigenvalue weighted by Crippen LogP contribution is 2.23. The topological polar surface area (TPSA) is 68.0 Å². The summed E-state index contributed by atoms with van der Waals surface area (Å²) in [7, 11) is 0. The molecular weight excluding hydrogens is 250 g/mol. The van der Waals surface area contributed by atoms with E-state index in [0.717, 1.165) is 5.69 Å². The zero-order chi connectivity index (χ0) is 13.1.